The number of sulfonamides is 1. The van der Waals surface area contributed by atoms with E-state index in [4.69, 9.17) is 10.8 Å². The molecule has 2 rings (SSSR count). The van der Waals surface area contributed by atoms with Crippen LogP contribution in [0.1, 0.15) is 25.8 Å². The summed E-state index contributed by atoms with van der Waals surface area (Å²) in [5.41, 5.74) is 5.01. The molecule has 0 aliphatic carbocycles. The molecule has 0 saturated heterocycles. The number of anilines is 1. The normalized spacial score (nSPS) is 13.9. The molecule has 0 heterocycles. The van der Waals surface area contributed by atoms with E-state index in [2.05, 4.69) is 5.32 Å². The highest BCUT2D eigenvalue weighted by Gasteiger charge is 2.43. The third-order valence-electron chi connectivity index (χ3n) is 4.59. The SMILES string of the molecule is CC(C)CN(C(O)(CCNC(=O)O)Cc1ccccc1)S(=O)(=O)c1ccc(N)cc1. The number of aliphatic hydroxyl groups is 1. The summed E-state index contributed by atoms with van der Waals surface area (Å²) >= 11 is 0. The molecule has 0 fully saturated rings. The van der Waals surface area contributed by atoms with Crippen LogP contribution >= 0.6 is 0 Å². The molecule has 5 N–H and O–H groups in total. The van der Waals surface area contributed by atoms with Gasteiger partial charge in [-0.3, -0.25) is 0 Å². The van der Waals surface area contributed by atoms with Gasteiger partial charge in [-0.25, -0.2) is 13.2 Å². The number of nitrogens with two attached hydrogens (primary N) is 1. The monoisotopic (exact) mass is 435 g/mol. The van der Waals surface area contributed by atoms with Crippen LogP contribution in [0.25, 0.3) is 0 Å². The zero-order chi connectivity index (χ0) is 22.4. The van der Waals surface area contributed by atoms with Gasteiger partial charge in [0.25, 0.3) is 0 Å². The molecule has 1 amide bonds. The maximum Gasteiger partial charge on any atom is 0.404 e. The number of amides is 1. The summed E-state index contributed by atoms with van der Waals surface area (Å²) in [5, 5.41) is 22.8. The lowest BCUT2D eigenvalue weighted by molar-refractivity contribution is -0.0701. The summed E-state index contributed by atoms with van der Waals surface area (Å²) in [6.07, 6.45) is -1.35. The van der Waals surface area contributed by atoms with Gasteiger partial charge in [-0.05, 0) is 35.7 Å². The predicted octanol–water partition coefficient (Wildman–Crippen LogP) is 2.50. The van der Waals surface area contributed by atoms with E-state index in [1.54, 1.807) is 24.3 Å². The Bertz CT molecular complexity index is 933. The van der Waals surface area contributed by atoms with E-state index in [0.29, 0.717) is 5.69 Å². The largest absolute Gasteiger partial charge is 0.465 e. The van der Waals surface area contributed by atoms with Gasteiger partial charge in [0.15, 0.2) is 0 Å². The Kier molecular flexibility index (Phi) is 7.83. The summed E-state index contributed by atoms with van der Waals surface area (Å²) in [6.45, 7) is 3.65. The first-order valence-corrected chi connectivity index (χ1v) is 11.1. The molecule has 1 unspecified atom stereocenters. The number of rotatable bonds is 10. The van der Waals surface area contributed by atoms with E-state index in [1.165, 1.54) is 24.3 Å². The van der Waals surface area contributed by atoms with Crippen LogP contribution in [0.4, 0.5) is 10.5 Å². The Hall–Kier alpha value is -2.62. The van der Waals surface area contributed by atoms with E-state index < -0.39 is 21.8 Å². The molecular weight excluding hydrogens is 406 g/mol. The fraction of sp³-hybridized carbons (Fsp3) is 0.381. The minimum absolute atomic E-state index is 0.00929. The van der Waals surface area contributed by atoms with Crippen molar-refractivity contribution in [2.45, 2.75) is 37.3 Å². The lowest BCUT2D eigenvalue weighted by atomic mass is 9.98. The number of nitrogens with zero attached hydrogens (tertiary/aromatic N) is 1. The minimum atomic E-state index is -4.09. The van der Waals surface area contributed by atoms with Gasteiger partial charge in [0, 0.05) is 31.6 Å². The molecular formula is C21H29N3O5S. The average Bonchev–Trinajstić information content (AvgIpc) is 2.66. The van der Waals surface area contributed by atoms with Crippen molar-refractivity contribution in [3.8, 4) is 0 Å². The maximum atomic E-state index is 13.5. The van der Waals surface area contributed by atoms with Crippen molar-refractivity contribution in [1.82, 2.24) is 9.62 Å². The quantitative estimate of drug-likeness (QED) is 0.335. The van der Waals surface area contributed by atoms with Gasteiger partial charge >= 0.3 is 6.09 Å². The summed E-state index contributed by atoms with van der Waals surface area (Å²) < 4.78 is 28.1. The summed E-state index contributed by atoms with van der Waals surface area (Å²) in [4.78, 5) is 10.9. The first-order chi connectivity index (χ1) is 14.0. The van der Waals surface area contributed by atoms with E-state index in [9.17, 15) is 18.3 Å². The van der Waals surface area contributed by atoms with Gasteiger partial charge in [-0.15, -0.1) is 0 Å². The number of hydrogen-bond acceptors (Lipinski definition) is 5. The number of nitrogens with one attached hydrogen (secondary N) is 1. The highest BCUT2D eigenvalue weighted by molar-refractivity contribution is 7.89. The molecule has 0 radical (unpaired) electrons. The molecule has 30 heavy (non-hydrogen) atoms. The Balaban J connectivity index is 2.50. The van der Waals surface area contributed by atoms with E-state index in [-0.39, 0.29) is 36.7 Å². The number of hydrogen-bond donors (Lipinski definition) is 4. The van der Waals surface area contributed by atoms with E-state index >= 15 is 0 Å². The smallest absolute Gasteiger partial charge is 0.404 e. The van der Waals surface area contributed by atoms with Crippen LogP contribution in [-0.4, -0.2) is 47.8 Å². The standard InChI is InChI=1S/C21H29N3O5S/c1-16(2)15-24(30(28,29)19-10-8-18(22)9-11-19)21(27,12-13-23-20(25)26)14-17-6-4-3-5-7-17/h3-11,16,23,27H,12-15,22H2,1-2H3,(H,25,26). The number of nitrogen functional groups attached to an aromatic ring is 1. The van der Waals surface area contributed by atoms with Gasteiger partial charge < -0.3 is 21.3 Å². The second-order valence-electron chi connectivity index (χ2n) is 7.63. The third-order valence-corrected chi connectivity index (χ3v) is 6.53. The van der Waals surface area contributed by atoms with Crippen molar-refractivity contribution >= 4 is 21.8 Å². The molecule has 0 bridgehead atoms. The molecule has 2 aromatic rings. The number of carbonyl (C=O) groups is 1. The molecule has 0 aliphatic heterocycles. The molecule has 164 valence electrons. The van der Waals surface area contributed by atoms with E-state index in [1.807, 2.05) is 19.9 Å². The zero-order valence-corrected chi connectivity index (χ0v) is 18.0. The van der Waals surface area contributed by atoms with Gasteiger partial charge in [0.2, 0.25) is 10.0 Å². The van der Waals surface area contributed by atoms with Crippen LogP contribution < -0.4 is 11.1 Å². The first-order valence-electron chi connectivity index (χ1n) is 9.66. The molecule has 1 atom stereocenters. The second kappa shape index (κ2) is 9.92. The van der Waals surface area contributed by atoms with Gasteiger partial charge in [-0.1, -0.05) is 44.2 Å². The summed E-state index contributed by atoms with van der Waals surface area (Å²) in [6, 6.07) is 14.8. The summed E-state index contributed by atoms with van der Waals surface area (Å²) in [5.74, 6) is -0.0803. The molecule has 0 aliphatic rings. The van der Waals surface area contributed by atoms with Crippen LogP contribution in [-0.2, 0) is 16.4 Å². The molecule has 0 spiro atoms. The average molecular weight is 436 g/mol. The molecule has 9 heteroatoms. The van der Waals surface area contributed by atoms with Crippen molar-refractivity contribution in [2.24, 2.45) is 5.92 Å². The lowest BCUT2D eigenvalue weighted by Crippen LogP contribution is -2.55. The molecule has 8 nitrogen and oxygen atoms in total. The molecule has 0 aromatic heterocycles. The van der Waals surface area contributed by atoms with Gasteiger partial charge in [0.1, 0.15) is 5.72 Å². The minimum Gasteiger partial charge on any atom is -0.465 e. The third kappa shape index (κ3) is 6.19. The van der Waals surface area contributed by atoms with Crippen LogP contribution in [0.2, 0.25) is 0 Å². The topological polar surface area (TPSA) is 133 Å². The van der Waals surface area contributed by atoms with Crippen LogP contribution in [0.3, 0.4) is 0 Å². The predicted molar refractivity (Wildman–Crippen MR) is 115 cm³/mol. The van der Waals surface area contributed by atoms with Crippen LogP contribution in [0, 0.1) is 5.92 Å². The second-order valence-corrected chi connectivity index (χ2v) is 9.49. The van der Waals surface area contributed by atoms with Crippen molar-refractivity contribution in [1.29, 1.82) is 0 Å². The van der Waals surface area contributed by atoms with Crippen molar-refractivity contribution in [2.75, 3.05) is 18.8 Å². The van der Waals surface area contributed by atoms with Crippen molar-refractivity contribution in [3.05, 3.63) is 60.2 Å². The Morgan fingerprint density at radius 3 is 2.27 bits per heavy atom. The Morgan fingerprint density at radius 2 is 1.73 bits per heavy atom. The first kappa shape index (κ1) is 23.7. The highest BCUT2D eigenvalue weighted by Crippen LogP contribution is 2.30. The lowest BCUT2D eigenvalue weighted by Gasteiger charge is -2.40. The molecule has 2 aromatic carbocycles. The fourth-order valence-electron chi connectivity index (χ4n) is 3.18. The molecule has 0 saturated carbocycles. The fourth-order valence-corrected chi connectivity index (χ4v) is 5.02. The van der Waals surface area contributed by atoms with Crippen molar-refractivity contribution in [3.63, 3.8) is 0 Å². The van der Waals surface area contributed by atoms with Crippen LogP contribution in [0.15, 0.2) is 59.5 Å². The van der Waals surface area contributed by atoms with Gasteiger partial charge in [0.05, 0.1) is 4.90 Å². The van der Waals surface area contributed by atoms with Crippen molar-refractivity contribution < 1.29 is 23.4 Å². The maximum absolute atomic E-state index is 13.5. The Labute approximate surface area is 177 Å². The van der Waals surface area contributed by atoms with Gasteiger partial charge in [-0.2, -0.15) is 4.31 Å². The number of carboxylic acid groups (broad SMARTS) is 1. The highest BCUT2D eigenvalue weighted by atomic mass is 32.2. The zero-order valence-electron chi connectivity index (χ0n) is 17.2. The van der Waals surface area contributed by atoms with Crippen LogP contribution in [0.5, 0.6) is 0 Å². The van der Waals surface area contributed by atoms with E-state index in [0.717, 1.165) is 9.87 Å². The Morgan fingerprint density at radius 1 is 1.13 bits per heavy atom. The summed E-state index contributed by atoms with van der Waals surface area (Å²) in [7, 11) is -4.09. The number of benzene rings is 2.